The number of hydrogen-bond donors (Lipinski definition) is 2. The van der Waals surface area contributed by atoms with Gasteiger partial charge in [-0.25, -0.2) is 4.98 Å². The Labute approximate surface area is 78.2 Å². The van der Waals surface area contributed by atoms with E-state index in [1.54, 1.807) is 6.20 Å². The van der Waals surface area contributed by atoms with Gasteiger partial charge in [0.25, 0.3) is 0 Å². The summed E-state index contributed by atoms with van der Waals surface area (Å²) < 4.78 is 0. The van der Waals surface area contributed by atoms with Crippen LogP contribution in [0.15, 0.2) is 24.4 Å². The van der Waals surface area contributed by atoms with Crippen molar-refractivity contribution in [3.63, 3.8) is 0 Å². The lowest BCUT2D eigenvalue weighted by molar-refractivity contribution is 1.17. The Kier molecular flexibility index (Phi) is 6.07. The highest BCUT2D eigenvalue weighted by Crippen LogP contribution is 1.97. The minimum Gasteiger partial charge on any atom is -0.369 e. The van der Waals surface area contributed by atoms with Gasteiger partial charge in [0.1, 0.15) is 5.82 Å². The van der Waals surface area contributed by atoms with Crippen molar-refractivity contribution in [1.82, 2.24) is 4.98 Å². The smallest absolute Gasteiger partial charge is 0.125 e. The molecule has 1 aromatic rings. The maximum Gasteiger partial charge on any atom is 0.125 e. The van der Waals surface area contributed by atoms with Crippen LogP contribution >= 0.6 is 25.0 Å². The second-order valence-electron chi connectivity index (χ2n) is 1.87. The third kappa shape index (κ3) is 4.11. The quantitative estimate of drug-likeness (QED) is 0.712. The van der Waals surface area contributed by atoms with Crippen LogP contribution in [0.5, 0.6) is 0 Å². The molecule has 0 radical (unpaired) electrons. The van der Waals surface area contributed by atoms with Crippen molar-refractivity contribution in [2.24, 2.45) is 0 Å². The van der Waals surface area contributed by atoms with E-state index in [0.717, 1.165) is 18.1 Å². The third-order valence-corrected chi connectivity index (χ3v) is 1.31. The molecule has 0 amide bonds. The van der Waals surface area contributed by atoms with Gasteiger partial charge in [0, 0.05) is 18.5 Å². The van der Waals surface area contributed by atoms with E-state index in [0.29, 0.717) is 0 Å². The fraction of sp³-hybridized carbons (Fsp3) is 0.286. The number of halogens is 1. The molecule has 0 fully saturated rings. The number of nitrogens with zero attached hydrogens (tertiary/aromatic N) is 1. The van der Waals surface area contributed by atoms with Crippen LogP contribution in [0.3, 0.4) is 0 Å². The first-order valence-electron chi connectivity index (χ1n) is 3.19. The number of hydrogen-bond acceptors (Lipinski definition) is 3. The molecule has 62 valence electrons. The van der Waals surface area contributed by atoms with Crippen LogP contribution in [0.2, 0.25) is 0 Å². The molecule has 0 aliphatic heterocycles. The lowest BCUT2D eigenvalue weighted by Gasteiger charge is -2.00. The maximum absolute atomic E-state index is 4.07. The molecule has 1 N–H and O–H groups in total. The van der Waals surface area contributed by atoms with E-state index in [1.165, 1.54) is 0 Å². The number of nitrogens with one attached hydrogen (secondary N) is 1. The zero-order valence-electron chi connectivity index (χ0n) is 6.03. The number of pyridine rings is 1. The summed E-state index contributed by atoms with van der Waals surface area (Å²) in [6.45, 7) is 0.861. The molecular weight excluding hydrogens is 180 g/mol. The maximum atomic E-state index is 4.07. The largest absolute Gasteiger partial charge is 0.369 e. The van der Waals surface area contributed by atoms with Crippen LogP contribution < -0.4 is 5.32 Å². The molecule has 0 saturated carbocycles. The van der Waals surface area contributed by atoms with Gasteiger partial charge in [-0.15, -0.1) is 12.4 Å². The van der Waals surface area contributed by atoms with Crippen LogP contribution in [-0.4, -0.2) is 17.3 Å². The molecule has 1 heterocycles. The highest BCUT2D eigenvalue weighted by molar-refractivity contribution is 7.80. The molecule has 0 bridgehead atoms. The monoisotopic (exact) mass is 190 g/mol. The first-order chi connectivity index (χ1) is 4.93. The Morgan fingerprint density at radius 3 is 2.82 bits per heavy atom. The number of rotatable bonds is 3. The van der Waals surface area contributed by atoms with Crippen LogP contribution in [0.25, 0.3) is 0 Å². The van der Waals surface area contributed by atoms with E-state index in [-0.39, 0.29) is 12.4 Å². The van der Waals surface area contributed by atoms with Gasteiger partial charge in [-0.1, -0.05) is 6.07 Å². The van der Waals surface area contributed by atoms with Gasteiger partial charge in [-0.05, 0) is 12.1 Å². The van der Waals surface area contributed by atoms with E-state index in [1.807, 2.05) is 18.2 Å². The molecule has 1 rings (SSSR count). The van der Waals surface area contributed by atoms with Crippen molar-refractivity contribution in [3.05, 3.63) is 24.4 Å². The topological polar surface area (TPSA) is 24.9 Å². The van der Waals surface area contributed by atoms with E-state index >= 15 is 0 Å². The molecule has 0 spiro atoms. The van der Waals surface area contributed by atoms with Crippen molar-refractivity contribution in [3.8, 4) is 0 Å². The van der Waals surface area contributed by atoms with Gasteiger partial charge < -0.3 is 5.32 Å². The molecular formula is C7H11ClN2S. The summed E-state index contributed by atoms with van der Waals surface area (Å²) in [5.41, 5.74) is 0. The predicted octanol–water partition coefficient (Wildman–Crippen LogP) is 1.85. The Balaban J connectivity index is 0.000001000. The van der Waals surface area contributed by atoms with Crippen molar-refractivity contribution >= 4 is 30.9 Å². The molecule has 11 heavy (non-hydrogen) atoms. The van der Waals surface area contributed by atoms with E-state index in [2.05, 4.69) is 22.9 Å². The van der Waals surface area contributed by atoms with E-state index in [4.69, 9.17) is 0 Å². The summed E-state index contributed by atoms with van der Waals surface area (Å²) in [4.78, 5) is 4.07. The first kappa shape index (κ1) is 10.6. The minimum atomic E-state index is 0. The normalized spacial score (nSPS) is 8.45. The standard InChI is InChI=1S/C7H10N2S.ClH/c10-6-5-9-7-3-1-2-4-8-7;/h1-4,10H,5-6H2,(H,8,9);1H. The van der Waals surface area contributed by atoms with Gasteiger partial charge in [-0.2, -0.15) is 12.6 Å². The van der Waals surface area contributed by atoms with Crippen molar-refractivity contribution in [2.75, 3.05) is 17.6 Å². The van der Waals surface area contributed by atoms with Crippen molar-refractivity contribution in [2.45, 2.75) is 0 Å². The predicted molar refractivity (Wildman–Crippen MR) is 53.8 cm³/mol. The zero-order chi connectivity index (χ0) is 7.23. The number of aromatic nitrogens is 1. The highest BCUT2D eigenvalue weighted by atomic mass is 35.5. The van der Waals surface area contributed by atoms with Crippen molar-refractivity contribution < 1.29 is 0 Å². The Morgan fingerprint density at radius 2 is 2.27 bits per heavy atom. The fourth-order valence-electron chi connectivity index (χ4n) is 0.651. The molecule has 1 aromatic heterocycles. The Bertz CT molecular complexity index is 181. The van der Waals surface area contributed by atoms with Gasteiger partial charge in [-0.3, -0.25) is 0 Å². The van der Waals surface area contributed by atoms with Gasteiger partial charge in [0.2, 0.25) is 0 Å². The van der Waals surface area contributed by atoms with Gasteiger partial charge in [0.05, 0.1) is 0 Å². The molecule has 0 aliphatic rings. The molecule has 0 saturated heterocycles. The third-order valence-electron chi connectivity index (χ3n) is 1.08. The summed E-state index contributed by atoms with van der Waals surface area (Å²) in [5, 5.41) is 3.11. The minimum absolute atomic E-state index is 0. The second kappa shape index (κ2) is 6.31. The Hall–Kier alpha value is -0.410. The molecule has 4 heteroatoms. The lowest BCUT2D eigenvalue weighted by atomic mass is 10.4. The average molecular weight is 191 g/mol. The SMILES string of the molecule is Cl.SCCNc1ccccn1. The van der Waals surface area contributed by atoms with E-state index in [9.17, 15) is 0 Å². The fourth-order valence-corrected chi connectivity index (χ4v) is 0.763. The molecule has 0 atom stereocenters. The summed E-state index contributed by atoms with van der Waals surface area (Å²) in [7, 11) is 0. The summed E-state index contributed by atoms with van der Waals surface area (Å²) in [6.07, 6.45) is 1.76. The summed E-state index contributed by atoms with van der Waals surface area (Å²) in [6, 6.07) is 5.78. The van der Waals surface area contributed by atoms with Crippen LogP contribution in [0.4, 0.5) is 5.82 Å². The highest BCUT2D eigenvalue weighted by Gasteiger charge is 1.86. The Morgan fingerprint density at radius 1 is 1.45 bits per heavy atom. The summed E-state index contributed by atoms with van der Waals surface area (Å²) >= 11 is 4.06. The van der Waals surface area contributed by atoms with Crippen LogP contribution in [0, 0.1) is 0 Å². The molecule has 0 aromatic carbocycles. The first-order valence-corrected chi connectivity index (χ1v) is 3.82. The van der Waals surface area contributed by atoms with E-state index < -0.39 is 0 Å². The van der Waals surface area contributed by atoms with Crippen molar-refractivity contribution in [1.29, 1.82) is 0 Å². The second-order valence-corrected chi connectivity index (χ2v) is 2.31. The zero-order valence-corrected chi connectivity index (χ0v) is 7.74. The lowest BCUT2D eigenvalue weighted by Crippen LogP contribution is -2.03. The number of thiol groups is 1. The summed E-state index contributed by atoms with van der Waals surface area (Å²) in [5.74, 6) is 1.74. The van der Waals surface area contributed by atoms with Gasteiger partial charge >= 0.3 is 0 Å². The average Bonchev–Trinajstić information content (AvgIpc) is 2.03. The van der Waals surface area contributed by atoms with Crippen LogP contribution in [0.1, 0.15) is 0 Å². The van der Waals surface area contributed by atoms with Crippen LogP contribution in [-0.2, 0) is 0 Å². The van der Waals surface area contributed by atoms with Gasteiger partial charge in [0.15, 0.2) is 0 Å². The molecule has 0 aliphatic carbocycles. The number of anilines is 1. The molecule has 0 unspecified atom stereocenters. The molecule has 2 nitrogen and oxygen atoms in total.